The zero-order chi connectivity index (χ0) is 24.5. The van der Waals surface area contributed by atoms with Gasteiger partial charge in [0, 0.05) is 17.1 Å². The number of allylic oxidation sites excluding steroid dienone is 1. The van der Waals surface area contributed by atoms with Gasteiger partial charge in [-0.25, -0.2) is 4.98 Å². The van der Waals surface area contributed by atoms with Crippen LogP contribution in [0.5, 0.6) is 11.5 Å². The Bertz CT molecular complexity index is 1400. The molecule has 0 saturated carbocycles. The zero-order valence-corrected chi connectivity index (χ0v) is 18.7. The van der Waals surface area contributed by atoms with Gasteiger partial charge in [-0.2, -0.15) is 18.2 Å². The fourth-order valence-electron chi connectivity index (χ4n) is 3.04. The summed E-state index contributed by atoms with van der Waals surface area (Å²) in [5.74, 6) is 0.620. The second kappa shape index (κ2) is 9.06. The van der Waals surface area contributed by atoms with Gasteiger partial charge < -0.3 is 13.9 Å². The Balaban J connectivity index is 1.69. The number of methoxy groups -OCH3 is 1. The number of thiazole rings is 1. The minimum Gasteiger partial charge on any atom is -0.493 e. The molecule has 0 fully saturated rings. The van der Waals surface area contributed by atoms with Crippen molar-refractivity contribution in [1.29, 1.82) is 0 Å². The quantitative estimate of drug-likeness (QED) is 0.332. The van der Waals surface area contributed by atoms with E-state index in [9.17, 15) is 18.0 Å². The van der Waals surface area contributed by atoms with Gasteiger partial charge in [-0.1, -0.05) is 18.7 Å². The molecule has 4 aromatic rings. The summed E-state index contributed by atoms with van der Waals surface area (Å²) in [6, 6.07) is 4.69. The number of carbonyl (C=O) groups is 1. The van der Waals surface area contributed by atoms with Crippen molar-refractivity contribution in [1.82, 2.24) is 14.4 Å². The summed E-state index contributed by atoms with van der Waals surface area (Å²) in [7, 11) is 1.51. The van der Waals surface area contributed by atoms with E-state index in [-0.39, 0.29) is 11.4 Å². The summed E-state index contributed by atoms with van der Waals surface area (Å²) in [5.41, 5.74) is -0.256. The molecule has 0 aliphatic heterocycles. The fourth-order valence-corrected chi connectivity index (χ4v) is 3.76. The van der Waals surface area contributed by atoms with Crippen molar-refractivity contribution in [3.8, 4) is 11.5 Å². The maximum absolute atomic E-state index is 13.0. The average molecular weight is 490 g/mol. The molecular formula is C22H17F3N4O4S. The third-order valence-electron chi connectivity index (χ3n) is 4.45. The van der Waals surface area contributed by atoms with E-state index in [1.54, 1.807) is 48.9 Å². The van der Waals surface area contributed by atoms with Gasteiger partial charge in [-0.05, 0) is 25.1 Å². The molecule has 0 saturated heterocycles. The highest BCUT2D eigenvalue weighted by atomic mass is 32.1. The molecule has 0 radical (unpaired) electrons. The van der Waals surface area contributed by atoms with E-state index >= 15 is 0 Å². The van der Waals surface area contributed by atoms with Crippen molar-refractivity contribution < 1.29 is 31.9 Å². The van der Waals surface area contributed by atoms with Crippen molar-refractivity contribution >= 4 is 40.4 Å². The molecule has 8 nitrogen and oxygen atoms in total. The van der Waals surface area contributed by atoms with Crippen molar-refractivity contribution in [2.45, 2.75) is 13.1 Å². The average Bonchev–Trinajstić information content (AvgIpc) is 3.48. The van der Waals surface area contributed by atoms with Crippen LogP contribution in [0.4, 0.5) is 19.2 Å². The number of hydrogen-bond acceptors (Lipinski definition) is 7. The zero-order valence-electron chi connectivity index (χ0n) is 17.8. The number of alkyl halides is 3. The van der Waals surface area contributed by atoms with Crippen LogP contribution in [0.2, 0.25) is 0 Å². The number of oxazole rings is 1. The molecule has 0 unspecified atom stereocenters. The number of ether oxygens (including phenoxy) is 2. The van der Waals surface area contributed by atoms with Crippen LogP contribution in [-0.2, 0) is 6.18 Å². The molecule has 1 N–H and O–H groups in total. The minimum atomic E-state index is -4.70. The fraction of sp³-hybridized carbons (Fsp3) is 0.136. The Labute approximate surface area is 195 Å². The summed E-state index contributed by atoms with van der Waals surface area (Å²) in [4.78, 5) is 21.2. The minimum absolute atomic E-state index is 0.0875. The highest BCUT2D eigenvalue weighted by Crippen LogP contribution is 2.34. The molecule has 1 amide bonds. The summed E-state index contributed by atoms with van der Waals surface area (Å²) in [5, 5.41) is 3.97. The Hall–Kier alpha value is -4.06. The number of hydrogen-bond donors (Lipinski definition) is 1. The largest absolute Gasteiger partial charge is 0.493 e. The van der Waals surface area contributed by atoms with E-state index in [1.807, 2.05) is 0 Å². The van der Waals surface area contributed by atoms with Crippen molar-refractivity contribution in [3.05, 3.63) is 71.0 Å². The molecule has 4 rings (SSSR count). The van der Waals surface area contributed by atoms with Crippen molar-refractivity contribution in [3.63, 3.8) is 0 Å². The van der Waals surface area contributed by atoms with Gasteiger partial charge in [-0.3, -0.25) is 14.5 Å². The topological polar surface area (TPSA) is 90.9 Å². The van der Waals surface area contributed by atoms with Gasteiger partial charge in [-0.15, -0.1) is 11.3 Å². The van der Waals surface area contributed by atoms with Crippen LogP contribution in [0.3, 0.4) is 0 Å². The first kappa shape index (κ1) is 23.1. The second-order valence-corrected chi connectivity index (χ2v) is 7.78. The number of nitrogens with one attached hydrogen (secondary N) is 1. The van der Waals surface area contributed by atoms with Crippen LogP contribution in [0, 0.1) is 0 Å². The third-order valence-corrected chi connectivity index (χ3v) is 5.20. The number of rotatable bonds is 7. The first-order valence-corrected chi connectivity index (χ1v) is 10.5. The van der Waals surface area contributed by atoms with E-state index in [0.717, 1.165) is 0 Å². The number of para-hydroxylation sites is 1. The molecular weight excluding hydrogens is 473 g/mol. The number of nitrogens with zero attached hydrogens (tertiary/aromatic N) is 3. The number of imidazole rings is 1. The number of anilines is 1. The molecule has 12 heteroatoms. The lowest BCUT2D eigenvalue weighted by atomic mass is 10.1. The standard InChI is InChI=1S/C22H17F3N4O4S/c1-12(2)33-18-13(5-4-6-15(18)31-3)7-8-14-17(29-9-10-34-21(29)26-14)19(30)28-20-27-16(11-32-20)22(23,24)25/h4-11H,1H2,2-3H3,(H,27,28,30)/b8-7+. The summed E-state index contributed by atoms with van der Waals surface area (Å²) in [6.45, 7) is 5.44. The molecule has 0 aliphatic carbocycles. The van der Waals surface area contributed by atoms with Gasteiger partial charge >= 0.3 is 12.2 Å². The van der Waals surface area contributed by atoms with E-state index in [0.29, 0.717) is 34.0 Å². The Kier molecular flexibility index (Phi) is 6.16. The number of halogens is 3. The van der Waals surface area contributed by atoms with Gasteiger partial charge in [0.25, 0.3) is 5.91 Å². The van der Waals surface area contributed by atoms with E-state index < -0.39 is 23.8 Å². The van der Waals surface area contributed by atoms with Crippen LogP contribution < -0.4 is 14.8 Å². The summed E-state index contributed by atoms with van der Waals surface area (Å²) >= 11 is 1.29. The molecule has 3 heterocycles. The monoisotopic (exact) mass is 490 g/mol. The molecule has 0 spiro atoms. The smallest absolute Gasteiger partial charge is 0.436 e. The Morgan fingerprint density at radius 2 is 2.09 bits per heavy atom. The van der Waals surface area contributed by atoms with Crippen LogP contribution in [0.15, 0.2) is 52.8 Å². The number of benzene rings is 1. The first-order valence-electron chi connectivity index (χ1n) is 9.65. The Morgan fingerprint density at radius 1 is 1.29 bits per heavy atom. The highest BCUT2D eigenvalue weighted by molar-refractivity contribution is 7.15. The SMILES string of the molecule is C=C(C)Oc1c(/C=C/c2nc3sccn3c2C(=O)Nc2nc(C(F)(F)F)co2)cccc1OC. The second-order valence-electron chi connectivity index (χ2n) is 6.91. The van der Waals surface area contributed by atoms with Crippen molar-refractivity contribution in [2.24, 2.45) is 0 Å². The highest BCUT2D eigenvalue weighted by Gasteiger charge is 2.35. The molecule has 0 aliphatic rings. The summed E-state index contributed by atoms with van der Waals surface area (Å²) in [6.07, 6.45) is 0.621. The predicted molar refractivity (Wildman–Crippen MR) is 120 cm³/mol. The van der Waals surface area contributed by atoms with Crippen LogP contribution in [-0.4, -0.2) is 27.4 Å². The van der Waals surface area contributed by atoms with E-state index in [4.69, 9.17) is 13.9 Å². The number of fused-ring (bicyclic) bond motifs is 1. The maximum atomic E-state index is 13.0. The predicted octanol–water partition coefficient (Wildman–Crippen LogP) is 5.75. The van der Waals surface area contributed by atoms with Gasteiger partial charge in [0.15, 0.2) is 22.2 Å². The molecule has 1 aromatic carbocycles. The number of carbonyl (C=O) groups excluding carboxylic acids is 1. The lowest BCUT2D eigenvalue weighted by Gasteiger charge is -2.12. The van der Waals surface area contributed by atoms with Crippen LogP contribution >= 0.6 is 11.3 Å². The maximum Gasteiger partial charge on any atom is 0.436 e. The van der Waals surface area contributed by atoms with Gasteiger partial charge in [0.2, 0.25) is 0 Å². The molecule has 34 heavy (non-hydrogen) atoms. The molecule has 176 valence electrons. The van der Waals surface area contributed by atoms with Gasteiger partial charge in [0.05, 0.1) is 18.6 Å². The lowest BCUT2D eigenvalue weighted by Crippen LogP contribution is -2.16. The third kappa shape index (κ3) is 4.66. The summed E-state index contributed by atoms with van der Waals surface area (Å²) < 4.78 is 55.7. The van der Waals surface area contributed by atoms with Crippen molar-refractivity contribution in [2.75, 3.05) is 12.4 Å². The van der Waals surface area contributed by atoms with Crippen LogP contribution in [0.1, 0.15) is 34.4 Å². The number of aromatic nitrogens is 3. The van der Waals surface area contributed by atoms with E-state index in [1.165, 1.54) is 22.8 Å². The lowest BCUT2D eigenvalue weighted by molar-refractivity contribution is -0.141. The van der Waals surface area contributed by atoms with Gasteiger partial charge in [0.1, 0.15) is 12.0 Å². The molecule has 3 aromatic heterocycles. The normalized spacial score (nSPS) is 11.8. The number of amides is 1. The van der Waals surface area contributed by atoms with Crippen LogP contribution in [0.25, 0.3) is 17.1 Å². The molecule has 0 bridgehead atoms. The Morgan fingerprint density at radius 3 is 2.76 bits per heavy atom. The first-order chi connectivity index (χ1) is 16.2. The molecule has 0 atom stereocenters. The van der Waals surface area contributed by atoms with E-state index in [2.05, 4.69) is 21.9 Å².